The van der Waals surface area contributed by atoms with Gasteiger partial charge in [-0.3, -0.25) is 0 Å². The predicted octanol–water partition coefficient (Wildman–Crippen LogP) is 4.64. The molecule has 0 spiro atoms. The summed E-state index contributed by atoms with van der Waals surface area (Å²) in [4.78, 5) is 6.91. The van der Waals surface area contributed by atoms with Crippen LogP contribution < -0.4 is 15.1 Å². The van der Waals surface area contributed by atoms with E-state index in [-0.39, 0.29) is 0 Å². The fourth-order valence-electron chi connectivity index (χ4n) is 2.71. The summed E-state index contributed by atoms with van der Waals surface area (Å²) in [5.74, 6) is 0. The minimum Gasteiger partial charge on any atom is -0.378 e. The Labute approximate surface area is 137 Å². The van der Waals surface area contributed by atoms with Crippen LogP contribution in [0.1, 0.15) is 11.1 Å². The van der Waals surface area contributed by atoms with Crippen molar-refractivity contribution in [2.24, 2.45) is 0 Å². The van der Waals surface area contributed by atoms with Gasteiger partial charge in [0.05, 0.1) is 11.4 Å². The third kappa shape index (κ3) is 2.52. The van der Waals surface area contributed by atoms with E-state index in [0.29, 0.717) is 0 Å². The largest absolute Gasteiger partial charge is 0.378 e. The van der Waals surface area contributed by atoms with Gasteiger partial charge in [0.25, 0.3) is 0 Å². The molecule has 0 aromatic heterocycles. The van der Waals surface area contributed by atoms with Gasteiger partial charge >= 0.3 is 0 Å². The molecule has 116 valence electrons. The minimum atomic E-state index is 1.24. The molecule has 0 saturated heterocycles. The average molecular weight is 317 g/mol. The maximum absolute atomic E-state index is 3.65. The predicted molar refractivity (Wildman–Crippen MR) is 98.4 cm³/mol. The van der Waals surface area contributed by atoms with E-state index in [0.717, 1.165) is 0 Å². The number of aryl methyl sites for hydroxylation is 2. The van der Waals surface area contributed by atoms with Gasteiger partial charge in [-0.15, -0.1) is 0 Å². The van der Waals surface area contributed by atoms with Crippen molar-refractivity contribution in [2.75, 3.05) is 43.3 Å². The van der Waals surface area contributed by atoms with Crippen LogP contribution in [0.25, 0.3) is 0 Å². The van der Waals surface area contributed by atoms with Crippen LogP contribution in [0.4, 0.5) is 22.7 Å². The quantitative estimate of drug-likeness (QED) is 0.694. The molecule has 3 nitrogen and oxygen atoms in total. The molecule has 1 aliphatic rings. The lowest BCUT2D eigenvalue weighted by atomic mass is 10.1. The monoisotopic (exact) mass is 317 g/mol. The van der Waals surface area contributed by atoms with Crippen LogP contribution in [0.15, 0.2) is 34.1 Å². The van der Waals surface area contributed by atoms with Crippen LogP contribution in [0.3, 0.4) is 0 Å². The molecule has 3 rings (SSSR count). The molecule has 1 N–H and O–H groups in total. The van der Waals surface area contributed by atoms with Crippen molar-refractivity contribution in [2.45, 2.75) is 23.6 Å². The van der Waals surface area contributed by atoms with Gasteiger partial charge in [0.15, 0.2) is 0 Å². The van der Waals surface area contributed by atoms with Crippen LogP contribution in [-0.4, -0.2) is 28.2 Å². The molecule has 22 heavy (non-hydrogen) atoms. The SMILES string of the molecule is Cc1cc(N([13CH3])[13CH3])cc2c1Nc1c(C)cc(N([13CH3])[13CH3])cc1S2. The second kappa shape index (κ2) is 5.43. The van der Waals surface area contributed by atoms with Crippen molar-refractivity contribution < 1.29 is 0 Å². The second-order valence-corrected chi connectivity index (χ2v) is 7.37. The number of hydrogen-bond acceptors (Lipinski definition) is 4. The Morgan fingerprint density at radius 1 is 0.727 bits per heavy atom. The highest BCUT2D eigenvalue weighted by atomic mass is 32.2. The molecule has 0 radical (unpaired) electrons. The summed E-state index contributed by atoms with van der Waals surface area (Å²) in [5, 5.41) is 3.65. The Kier molecular flexibility index (Phi) is 3.73. The van der Waals surface area contributed by atoms with Gasteiger partial charge in [0.2, 0.25) is 0 Å². The summed E-state index contributed by atoms with van der Waals surface area (Å²) < 4.78 is 0. The van der Waals surface area contributed by atoms with Gasteiger partial charge in [0, 0.05) is 49.4 Å². The van der Waals surface area contributed by atoms with E-state index < -0.39 is 0 Å². The average Bonchev–Trinajstić information content (AvgIpc) is 2.45. The van der Waals surface area contributed by atoms with Crippen molar-refractivity contribution in [1.82, 2.24) is 0 Å². The van der Waals surface area contributed by atoms with Crippen molar-refractivity contribution in [3.05, 3.63) is 35.4 Å². The zero-order valence-corrected chi connectivity index (χ0v) is 14.9. The van der Waals surface area contributed by atoms with E-state index in [1.807, 2.05) is 11.8 Å². The van der Waals surface area contributed by atoms with Crippen molar-refractivity contribution in [3.8, 4) is 0 Å². The van der Waals surface area contributed by atoms with Gasteiger partial charge < -0.3 is 15.1 Å². The highest BCUT2D eigenvalue weighted by Crippen LogP contribution is 2.49. The van der Waals surface area contributed by atoms with E-state index in [1.165, 1.54) is 43.7 Å². The molecule has 0 fully saturated rings. The van der Waals surface area contributed by atoms with E-state index >= 15 is 0 Å². The summed E-state index contributed by atoms with van der Waals surface area (Å²) in [6.07, 6.45) is 0. The number of nitrogens with one attached hydrogen (secondary N) is 1. The lowest BCUT2D eigenvalue weighted by molar-refractivity contribution is 1.10. The third-order valence-electron chi connectivity index (χ3n) is 4.07. The van der Waals surface area contributed by atoms with E-state index in [4.69, 9.17) is 0 Å². The molecule has 0 saturated carbocycles. The molecule has 0 bridgehead atoms. The molecule has 0 amide bonds. The van der Waals surface area contributed by atoms with Crippen molar-refractivity contribution >= 4 is 34.5 Å². The number of hydrogen-bond donors (Lipinski definition) is 1. The zero-order chi connectivity index (χ0) is 16.0. The molecule has 4 heteroatoms. The maximum atomic E-state index is 3.65. The summed E-state index contributed by atoms with van der Waals surface area (Å²) >= 11 is 1.86. The molecule has 0 unspecified atom stereocenters. The van der Waals surface area contributed by atoms with Gasteiger partial charge in [-0.25, -0.2) is 0 Å². The van der Waals surface area contributed by atoms with Gasteiger partial charge in [-0.2, -0.15) is 0 Å². The highest BCUT2D eigenvalue weighted by Gasteiger charge is 2.21. The van der Waals surface area contributed by atoms with Crippen LogP contribution in [0.2, 0.25) is 0 Å². The molecule has 1 aliphatic heterocycles. The maximum Gasteiger partial charge on any atom is 0.0557 e. The van der Waals surface area contributed by atoms with Crippen LogP contribution in [-0.2, 0) is 0 Å². The number of nitrogens with zero attached hydrogens (tertiary/aromatic N) is 2. The van der Waals surface area contributed by atoms with Gasteiger partial charge in [-0.05, 0) is 49.2 Å². The van der Waals surface area contributed by atoms with Crippen LogP contribution in [0.5, 0.6) is 0 Å². The first-order valence-electron chi connectivity index (χ1n) is 7.45. The first-order valence-corrected chi connectivity index (χ1v) is 8.27. The number of fused-ring (bicyclic) bond motifs is 2. The molecule has 2 aromatic rings. The smallest absolute Gasteiger partial charge is 0.0557 e. The molecule has 0 aliphatic carbocycles. The Morgan fingerprint density at radius 2 is 1.14 bits per heavy atom. The summed E-state index contributed by atoms with van der Waals surface area (Å²) in [6, 6.07) is 9.00. The fraction of sp³-hybridized carbons (Fsp3) is 0.333. The Balaban J connectivity index is 2.10. The van der Waals surface area contributed by atoms with E-state index in [2.05, 4.69) is 81.4 Å². The first-order chi connectivity index (χ1) is 10.4. The Bertz CT molecular complexity index is 674. The van der Waals surface area contributed by atoms with Gasteiger partial charge in [0.1, 0.15) is 0 Å². The summed E-state index contributed by atoms with van der Waals surface area (Å²) in [5.41, 5.74) is 7.54. The molecule has 1 heterocycles. The van der Waals surface area contributed by atoms with E-state index in [9.17, 15) is 0 Å². The third-order valence-corrected chi connectivity index (χ3v) is 5.15. The molecular weight excluding hydrogens is 294 g/mol. The normalized spacial score (nSPS) is 12.3. The first kappa shape index (κ1) is 15.1. The zero-order valence-electron chi connectivity index (χ0n) is 14.1. The summed E-state index contributed by atoms with van der Waals surface area (Å²) in [6.45, 7) is 4.35. The van der Waals surface area contributed by atoms with Crippen LogP contribution in [0, 0.1) is 13.8 Å². The minimum absolute atomic E-state index is 1.24. The van der Waals surface area contributed by atoms with Crippen molar-refractivity contribution in [3.63, 3.8) is 0 Å². The molecule has 2 aromatic carbocycles. The number of anilines is 4. The molecule has 0 atom stereocenters. The topological polar surface area (TPSA) is 18.5 Å². The number of benzene rings is 2. The lowest BCUT2D eigenvalue weighted by Crippen LogP contribution is -2.12. The van der Waals surface area contributed by atoms with Crippen LogP contribution >= 0.6 is 11.8 Å². The highest BCUT2D eigenvalue weighted by molar-refractivity contribution is 7.99. The van der Waals surface area contributed by atoms with Gasteiger partial charge in [-0.1, -0.05) is 11.8 Å². The standard InChI is InChI=1S/C18H23N3S/c1-11-7-13(20(3)4)9-15-17(11)19-18-12(2)8-14(21(5)6)10-16(18)22-15/h7-10,19H,1-6H3/i3+1,4+1,5+1,6+1. The van der Waals surface area contributed by atoms with E-state index in [1.54, 1.807) is 0 Å². The molecular formula is C18H23N3S. The van der Waals surface area contributed by atoms with Crippen molar-refractivity contribution in [1.29, 1.82) is 0 Å². The Morgan fingerprint density at radius 3 is 1.50 bits per heavy atom. The summed E-state index contributed by atoms with van der Waals surface area (Å²) in [7, 11) is 8.35. The number of rotatable bonds is 2. The lowest BCUT2D eigenvalue weighted by Gasteiger charge is -2.27. The Hall–Kier alpha value is -1.81. The fourth-order valence-corrected chi connectivity index (χ4v) is 3.94. The second-order valence-electron chi connectivity index (χ2n) is 6.29.